The Kier molecular flexibility index (Phi) is 10.3. The fraction of sp³-hybridized carbons (Fsp3) is 1.00. The zero-order chi connectivity index (χ0) is 8.36. The highest BCUT2D eigenvalue weighted by molar-refractivity contribution is 6.17. The summed E-state index contributed by atoms with van der Waals surface area (Å²) in [7, 11) is -0.629. The van der Waals surface area contributed by atoms with Gasteiger partial charge in [-0.2, -0.15) is 0 Å². The third kappa shape index (κ3) is 10.1. The van der Waals surface area contributed by atoms with Crippen LogP contribution in [0.1, 0.15) is 39.5 Å². The van der Waals surface area contributed by atoms with Crippen molar-refractivity contribution in [2.24, 2.45) is 0 Å². The van der Waals surface area contributed by atoms with Crippen molar-refractivity contribution in [1.82, 2.24) is 0 Å². The predicted octanol–water partition coefficient (Wildman–Crippen LogP) is 1.62. The number of rotatable bonds is 8. The van der Waals surface area contributed by atoms with Crippen LogP contribution in [0.5, 0.6) is 0 Å². The maximum Gasteiger partial charge on any atom is 0.304 e. The Morgan fingerprint density at radius 2 is 1.36 bits per heavy atom. The lowest BCUT2D eigenvalue weighted by molar-refractivity contribution is 0.216. The molecule has 0 saturated heterocycles. The van der Waals surface area contributed by atoms with E-state index in [1.165, 1.54) is 25.7 Å². The lowest BCUT2D eigenvalue weighted by Crippen LogP contribution is -2.06. The van der Waals surface area contributed by atoms with Gasteiger partial charge in [0.25, 0.3) is 0 Å². The van der Waals surface area contributed by atoms with Crippen LogP contribution in [0.15, 0.2) is 0 Å². The van der Waals surface area contributed by atoms with E-state index in [-0.39, 0.29) is 0 Å². The van der Waals surface area contributed by atoms with Gasteiger partial charge in [0.15, 0.2) is 0 Å². The molecule has 0 radical (unpaired) electrons. The molecule has 0 fully saturated rings. The van der Waals surface area contributed by atoms with E-state index >= 15 is 0 Å². The zero-order valence-corrected chi connectivity index (χ0v) is 9.18. The first kappa shape index (κ1) is 11.1. The zero-order valence-electron chi connectivity index (χ0n) is 7.77. The monoisotopic (exact) mass is 176 g/mol. The molecule has 3 heteroatoms. The van der Waals surface area contributed by atoms with Crippen LogP contribution in [0.4, 0.5) is 0 Å². The molecule has 0 amide bonds. The summed E-state index contributed by atoms with van der Waals surface area (Å²) in [6.45, 7) is 6.13. The van der Waals surface area contributed by atoms with Crippen molar-refractivity contribution in [1.29, 1.82) is 0 Å². The standard InChI is InChI=1S/C8H20O2Si/c1-3-5-7-9-11-10-8-6-4-2/h3-8,11H2,1-2H3. The van der Waals surface area contributed by atoms with Crippen LogP contribution in [0.25, 0.3) is 0 Å². The Hall–Kier alpha value is 0.137. The second kappa shape index (κ2) is 10.1. The van der Waals surface area contributed by atoms with E-state index in [0.717, 1.165) is 13.2 Å². The molecule has 2 nitrogen and oxygen atoms in total. The van der Waals surface area contributed by atoms with Crippen LogP contribution >= 0.6 is 0 Å². The normalized spacial score (nSPS) is 10.4. The molecular formula is C8H20O2Si. The molecule has 0 aliphatic rings. The van der Waals surface area contributed by atoms with Crippen molar-refractivity contribution in [2.45, 2.75) is 39.5 Å². The fourth-order valence-electron chi connectivity index (χ4n) is 0.670. The molecule has 0 saturated carbocycles. The first-order valence-corrected chi connectivity index (χ1v) is 5.72. The summed E-state index contributed by atoms with van der Waals surface area (Å²) < 4.78 is 10.7. The lowest BCUT2D eigenvalue weighted by Gasteiger charge is -2.03. The lowest BCUT2D eigenvalue weighted by atomic mass is 10.4. The highest BCUT2D eigenvalue weighted by Crippen LogP contribution is 1.89. The molecule has 0 aromatic carbocycles. The molecule has 68 valence electrons. The van der Waals surface area contributed by atoms with E-state index < -0.39 is 10.0 Å². The average Bonchev–Trinajstić information content (AvgIpc) is 2.03. The van der Waals surface area contributed by atoms with Crippen LogP contribution < -0.4 is 0 Å². The minimum absolute atomic E-state index is 0.629. The van der Waals surface area contributed by atoms with Gasteiger partial charge in [0, 0.05) is 13.2 Å². The van der Waals surface area contributed by atoms with Crippen LogP contribution in [0.3, 0.4) is 0 Å². The first-order valence-electron chi connectivity index (χ1n) is 4.57. The molecule has 0 bridgehead atoms. The summed E-state index contributed by atoms with van der Waals surface area (Å²) >= 11 is 0. The van der Waals surface area contributed by atoms with Crippen LogP contribution in [-0.2, 0) is 8.85 Å². The maximum absolute atomic E-state index is 5.34. The second-order valence-electron chi connectivity index (χ2n) is 2.64. The highest BCUT2D eigenvalue weighted by Gasteiger charge is 1.88. The van der Waals surface area contributed by atoms with Gasteiger partial charge in [-0.1, -0.05) is 26.7 Å². The summed E-state index contributed by atoms with van der Waals surface area (Å²) in [6, 6.07) is 0. The SMILES string of the molecule is CCCCO[SiH2]OCCCC. The van der Waals surface area contributed by atoms with Gasteiger partial charge in [0.05, 0.1) is 0 Å². The van der Waals surface area contributed by atoms with Crippen molar-refractivity contribution >= 4 is 10.0 Å². The van der Waals surface area contributed by atoms with Crippen molar-refractivity contribution in [3.05, 3.63) is 0 Å². The third-order valence-corrected chi connectivity index (χ3v) is 2.36. The Morgan fingerprint density at radius 1 is 0.909 bits per heavy atom. The van der Waals surface area contributed by atoms with E-state index in [9.17, 15) is 0 Å². The van der Waals surface area contributed by atoms with Crippen molar-refractivity contribution in [2.75, 3.05) is 13.2 Å². The number of unbranched alkanes of at least 4 members (excludes halogenated alkanes) is 2. The van der Waals surface area contributed by atoms with Crippen LogP contribution in [0, 0.1) is 0 Å². The highest BCUT2D eigenvalue weighted by atomic mass is 28.3. The van der Waals surface area contributed by atoms with Gasteiger partial charge >= 0.3 is 10.0 Å². The molecule has 0 heterocycles. The number of hydrogen-bond acceptors (Lipinski definition) is 2. The van der Waals surface area contributed by atoms with Gasteiger partial charge in [-0.25, -0.2) is 0 Å². The second-order valence-corrected chi connectivity index (χ2v) is 3.69. The molecule has 0 aliphatic heterocycles. The Labute approximate surface area is 72.3 Å². The van der Waals surface area contributed by atoms with Gasteiger partial charge in [0.1, 0.15) is 0 Å². The molecule has 0 aromatic heterocycles. The minimum Gasteiger partial charge on any atom is -0.399 e. The molecular weight excluding hydrogens is 156 g/mol. The molecule has 0 spiro atoms. The summed E-state index contributed by atoms with van der Waals surface area (Å²) in [4.78, 5) is 0. The van der Waals surface area contributed by atoms with E-state index in [0.29, 0.717) is 0 Å². The van der Waals surface area contributed by atoms with E-state index in [2.05, 4.69) is 13.8 Å². The minimum atomic E-state index is -0.629. The van der Waals surface area contributed by atoms with E-state index in [1.807, 2.05) is 0 Å². The van der Waals surface area contributed by atoms with Crippen molar-refractivity contribution in [3.63, 3.8) is 0 Å². The van der Waals surface area contributed by atoms with Gasteiger partial charge in [-0.15, -0.1) is 0 Å². The summed E-state index contributed by atoms with van der Waals surface area (Å²) in [5, 5.41) is 0. The van der Waals surface area contributed by atoms with E-state index in [4.69, 9.17) is 8.85 Å². The van der Waals surface area contributed by atoms with E-state index in [1.54, 1.807) is 0 Å². The summed E-state index contributed by atoms with van der Waals surface area (Å²) in [5.41, 5.74) is 0. The topological polar surface area (TPSA) is 18.5 Å². The maximum atomic E-state index is 5.34. The number of hydrogen-bond donors (Lipinski definition) is 0. The Morgan fingerprint density at radius 3 is 1.73 bits per heavy atom. The fourth-order valence-corrected chi connectivity index (χ4v) is 1.43. The van der Waals surface area contributed by atoms with Crippen LogP contribution in [0.2, 0.25) is 0 Å². The van der Waals surface area contributed by atoms with Crippen molar-refractivity contribution < 1.29 is 8.85 Å². The first-order chi connectivity index (χ1) is 5.41. The molecule has 11 heavy (non-hydrogen) atoms. The van der Waals surface area contributed by atoms with Gasteiger partial charge in [-0.05, 0) is 12.8 Å². The van der Waals surface area contributed by atoms with Crippen LogP contribution in [-0.4, -0.2) is 23.2 Å². The smallest absolute Gasteiger partial charge is 0.304 e. The Balaban J connectivity index is 2.69. The van der Waals surface area contributed by atoms with Gasteiger partial charge in [-0.3, -0.25) is 0 Å². The largest absolute Gasteiger partial charge is 0.399 e. The molecule has 0 unspecified atom stereocenters. The summed E-state index contributed by atoms with van der Waals surface area (Å²) in [6.07, 6.45) is 4.76. The molecule has 0 rings (SSSR count). The third-order valence-electron chi connectivity index (χ3n) is 1.45. The molecule has 0 atom stereocenters. The molecule has 0 aromatic rings. The quantitative estimate of drug-likeness (QED) is 0.413. The van der Waals surface area contributed by atoms with Crippen molar-refractivity contribution in [3.8, 4) is 0 Å². The Bertz CT molecular complexity index is 61.1. The summed E-state index contributed by atoms with van der Waals surface area (Å²) in [5.74, 6) is 0. The van der Waals surface area contributed by atoms with Gasteiger partial charge in [0.2, 0.25) is 0 Å². The predicted molar refractivity (Wildman–Crippen MR) is 50.3 cm³/mol. The molecule has 0 N–H and O–H groups in total. The average molecular weight is 176 g/mol. The van der Waals surface area contributed by atoms with Gasteiger partial charge < -0.3 is 8.85 Å². The molecule has 0 aliphatic carbocycles.